The molecule has 1 N–H and O–H groups in total. The first-order valence-corrected chi connectivity index (χ1v) is 6.86. The van der Waals surface area contributed by atoms with Crippen molar-refractivity contribution >= 4 is 37.8 Å². The van der Waals surface area contributed by atoms with Crippen LogP contribution in [0.4, 0.5) is 4.39 Å². The zero-order valence-corrected chi connectivity index (χ0v) is 11.8. The Balaban J connectivity index is 2.55. The summed E-state index contributed by atoms with van der Waals surface area (Å²) in [5.74, 6) is -0.866. The summed E-state index contributed by atoms with van der Waals surface area (Å²) in [6.07, 6.45) is 1.87. The number of rotatable bonds is 5. The van der Waals surface area contributed by atoms with E-state index in [1.165, 1.54) is 12.1 Å². The van der Waals surface area contributed by atoms with Crippen LogP contribution in [0.5, 0.6) is 0 Å². The topological polar surface area (TPSA) is 29.1 Å². The zero-order chi connectivity index (χ0) is 12.0. The highest BCUT2D eigenvalue weighted by Gasteiger charge is 2.11. The fraction of sp³-hybridized carbons (Fsp3) is 0.364. The summed E-state index contributed by atoms with van der Waals surface area (Å²) < 4.78 is 14.0. The minimum absolute atomic E-state index is 0.0771. The van der Waals surface area contributed by atoms with Gasteiger partial charge >= 0.3 is 0 Å². The van der Waals surface area contributed by atoms with Gasteiger partial charge in [-0.25, -0.2) is 4.39 Å². The smallest absolute Gasteiger partial charge is 0.254 e. The van der Waals surface area contributed by atoms with Crippen molar-refractivity contribution in [2.24, 2.45) is 0 Å². The second-order valence-corrected chi connectivity index (χ2v) is 4.98. The molecule has 0 saturated heterocycles. The van der Waals surface area contributed by atoms with Crippen LogP contribution in [-0.2, 0) is 0 Å². The average Bonchev–Trinajstić information content (AvgIpc) is 2.27. The molecule has 0 aromatic heterocycles. The number of benzene rings is 1. The number of amides is 1. The molecule has 5 heteroatoms. The van der Waals surface area contributed by atoms with E-state index in [0.717, 1.165) is 18.2 Å². The SMILES string of the molecule is O=C(NCCCCBr)c1cc(Br)ccc1F. The molecule has 16 heavy (non-hydrogen) atoms. The molecule has 0 heterocycles. The van der Waals surface area contributed by atoms with Gasteiger partial charge < -0.3 is 5.32 Å². The lowest BCUT2D eigenvalue weighted by Crippen LogP contribution is -2.25. The molecular formula is C11H12Br2FNO. The minimum atomic E-state index is -0.499. The van der Waals surface area contributed by atoms with Crippen LogP contribution in [0.25, 0.3) is 0 Å². The molecule has 2 nitrogen and oxygen atoms in total. The molecule has 0 aliphatic carbocycles. The Labute approximate surface area is 111 Å². The van der Waals surface area contributed by atoms with Crippen molar-refractivity contribution in [2.75, 3.05) is 11.9 Å². The van der Waals surface area contributed by atoms with Gasteiger partial charge in [0.05, 0.1) is 5.56 Å². The predicted molar refractivity (Wildman–Crippen MR) is 69.5 cm³/mol. The molecule has 1 rings (SSSR count). The van der Waals surface area contributed by atoms with E-state index < -0.39 is 5.82 Å². The molecule has 0 spiro atoms. The molecule has 1 aromatic rings. The summed E-state index contributed by atoms with van der Waals surface area (Å²) in [6, 6.07) is 4.32. The maximum Gasteiger partial charge on any atom is 0.254 e. The lowest BCUT2D eigenvalue weighted by Gasteiger charge is -2.05. The number of hydrogen-bond donors (Lipinski definition) is 1. The molecule has 1 aromatic carbocycles. The van der Waals surface area contributed by atoms with E-state index in [4.69, 9.17) is 0 Å². The van der Waals surface area contributed by atoms with Crippen molar-refractivity contribution in [3.63, 3.8) is 0 Å². The summed E-state index contributed by atoms with van der Waals surface area (Å²) in [5.41, 5.74) is 0.0771. The number of hydrogen-bond acceptors (Lipinski definition) is 1. The van der Waals surface area contributed by atoms with Crippen LogP contribution in [0.3, 0.4) is 0 Å². The van der Waals surface area contributed by atoms with Gasteiger partial charge in [-0.3, -0.25) is 4.79 Å². The number of unbranched alkanes of at least 4 members (excludes halogenated alkanes) is 1. The Kier molecular flexibility index (Phi) is 5.98. The normalized spacial score (nSPS) is 10.2. The first-order valence-electron chi connectivity index (χ1n) is 4.94. The number of halogens is 3. The fourth-order valence-electron chi connectivity index (χ4n) is 1.19. The molecule has 1 amide bonds. The van der Waals surface area contributed by atoms with Gasteiger partial charge in [0.1, 0.15) is 5.82 Å². The maximum absolute atomic E-state index is 13.3. The molecule has 0 bridgehead atoms. The molecule has 0 radical (unpaired) electrons. The summed E-state index contributed by atoms with van der Waals surface area (Å²) in [4.78, 5) is 11.6. The molecule has 0 unspecified atom stereocenters. The predicted octanol–water partition coefficient (Wildman–Crippen LogP) is 3.49. The number of alkyl halides is 1. The number of carbonyl (C=O) groups is 1. The van der Waals surface area contributed by atoms with Crippen LogP contribution >= 0.6 is 31.9 Å². The maximum atomic E-state index is 13.3. The standard InChI is InChI=1S/C11H12Br2FNO/c12-5-1-2-6-15-11(16)9-7-8(13)3-4-10(9)14/h3-4,7H,1-2,5-6H2,(H,15,16). The third kappa shape index (κ3) is 4.22. The molecule has 0 aliphatic rings. The molecular weight excluding hydrogens is 341 g/mol. The Morgan fingerprint density at radius 3 is 2.81 bits per heavy atom. The third-order valence-corrected chi connectivity index (χ3v) is 3.07. The van der Waals surface area contributed by atoms with E-state index in [-0.39, 0.29) is 11.5 Å². The van der Waals surface area contributed by atoms with E-state index >= 15 is 0 Å². The highest BCUT2D eigenvalue weighted by Crippen LogP contribution is 2.15. The van der Waals surface area contributed by atoms with Gasteiger partial charge in [0, 0.05) is 16.3 Å². The van der Waals surface area contributed by atoms with Gasteiger partial charge in [-0.15, -0.1) is 0 Å². The van der Waals surface area contributed by atoms with E-state index in [9.17, 15) is 9.18 Å². The summed E-state index contributed by atoms with van der Waals surface area (Å²) >= 11 is 6.51. The van der Waals surface area contributed by atoms with E-state index in [1.807, 2.05) is 0 Å². The average molecular weight is 353 g/mol. The van der Waals surface area contributed by atoms with Gasteiger partial charge in [-0.2, -0.15) is 0 Å². The van der Waals surface area contributed by atoms with Crippen LogP contribution in [0.2, 0.25) is 0 Å². The molecule has 0 atom stereocenters. The highest BCUT2D eigenvalue weighted by molar-refractivity contribution is 9.10. The highest BCUT2D eigenvalue weighted by atomic mass is 79.9. The number of nitrogens with one attached hydrogen (secondary N) is 1. The van der Waals surface area contributed by atoms with Crippen LogP contribution < -0.4 is 5.32 Å². The zero-order valence-electron chi connectivity index (χ0n) is 8.60. The first kappa shape index (κ1) is 13.6. The van der Waals surface area contributed by atoms with Crippen LogP contribution in [-0.4, -0.2) is 17.8 Å². The van der Waals surface area contributed by atoms with E-state index in [2.05, 4.69) is 37.2 Å². The lowest BCUT2D eigenvalue weighted by atomic mass is 10.2. The van der Waals surface area contributed by atoms with Gasteiger partial charge in [-0.05, 0) is 31.0 Å². The Bertz CT molecular complexity index is 371. The van der Waals surface area contributed by atoms with Crippen molar-refractivity contribution in [3.05, 3.63) is 34.1 Å². The first-order chi connectivity index (χ1) is 7.65. The van der Waals surface area contributed by atoms with Crippen LogP contribution in [0.15, 0.2) is 22.7 Å². The van der Waals surface area contributed by atoms with E-state index in [0.29, 0.717) is 11.0 Å². The minimum Gasteiger partial charge on any atom is -0.352 e. The van der Waals surface area contributed by atoms with Gasteiger partial charge in [0.15, 0.2) is 0 Å². The van der Waals surface area contributed by atoms with Crippen molar-refractivity contribution in [3.8, 4) is 0 Å². The van der Waals surface area contributed by atoms with Crippen LogP contribution in [0.1, 0.15) is 23.2 Å². The second-order valence-electron chi connectivity index (χ2n) is 3.28. The fourth-order valence-corrected chi connectivity index (χ4v) is 1.95. The molecule has 0 fully saturated rings. The summed E-state index contributed by atoms with van der Waals surface area (Å²) in [5, 5.41) is 3.59. The third-order valence-electron chi connectivity index (χ3n) is 2.02. The number of carbonyl (C=O) groups excluding carboxylic acids is 1. The Morgan fingerprint density at radius 2 is 2.12 bits per heavy atom. The van der Waals surface area contributed by atoms with Crippen molar-refractivity contribution < 1.29 is 9.18 Å². The van der Waals surface area contributed by atoms with Crippen molar-refractivity contribution in [1.29, 1.82) is 0 Å². The molecule has 88 valence electrons. The molecule has 0 aliphatic heterocycles. The van der Waals surface area contributed by atoms with Gasteiger partial charge in [0.2, 0.25) is 0 Å². The molecule has 0 saturated carbocycles. The Morgan fingerprint density at radius 1 is 1.38 bits per heavy atom. The summed E-state index contributed by atoms with van der Waals surface area (Å²) in [6.45, 7) is 0.566. The van der Waals surface area contributed by atoms with Crippen molar-refractivity contribution in [1.82, 2.24) is 5.32 Å². The van der Waals surface area contributed by atoms with Crippen LogP contribution in [0, 0.1) is 5.82 Å². The Hall–Kier alpha value is -0.420. The quantitative estimate of drug-likeness (QED) is 0.637. The monoisotopic (exact) mass is 351 g/mol. The van der Waals surface area contributed by atoms with Gasteiger partial charge in [-0.1, -0.05) is 31.9 Å². The lowest BCUT2D eigenvalue weighted by molar-refractivity contribution is 0.0949. The second kappa shape index (κ2) is 7.01. The van der Waals surface area contributed by atoms with Crippen molar-refractivity contribution in [2.45, 2.75) is 12.8 Å². The van der Waals surface area contributed by atoms with Gasteiger partial charge in [0.25, 0.3) is 5.91 Å². The largest absolute Gasteiger partial charge is 0.352 e. The van der Waals surface area contributed by atoms with E-state index in [1.54, 1.807) is 6.07 Å². The summed E-state index contributed by atoms with van der Waals surface area (Å²) in [7, 11) is 0.